The highest BCUT2D eigenvalue weighted by atomic mass is 16.4. The number of amides is 1. The monoisotopic (exact) mass is 204 g/mol. The summed E-state index contributed by atoms with van der Waals surface area (Å²) in [7, 11) is 0. The van der Waals surface area contributed by atoms with Gasteiger partial charge < -0.3 is 26.0 Å². The maximum atomic E-state index is 11.3. The topological polar surface area (TPSA) is 102 Å². The molecule has 0 spiro atoms. The average molecular weight is 204 g/mol. The summed E-state index contributed by atoms with van der Waals surface area (Å²) in [5, 5.41) is 33.1. The van der Waals surface area contributed by atoms with Gasteiger partial charge in [0.15, 0.2) is 0 Å². The van der Waals surface area contributed by atoms with E-state index in [0.29, 0.717) is 6.54 Å². The van der Waals surface area contributed by atoms with E-state index in [9.17, 15) is 20.1 Å². The summed E-state index contributed by atoms with van der Waals surface area (Å²) in [6.45, 7) is 2.32. The maximum Gasteiger partial charge on any atom is 0.239 e. The van der Waals surface area contributed by atoms with E-state index < -0.39 is 24.4 Å². The lowest BCUT2D eigenvalue weighted by Gasteiger charge is -2.35. The number of β-amino-alcohol motifs (C(OH)–C–C–N with tert-alkyl or cyclic N) is 1. The van der Waals surface area contributed by atoms with Crippen LogP contribution in [0.25, 0.3) is 0 Å². The fraction of sp³-hybridized carbons (Fsp3) is 0.875. The highest BCUT2D eigenvalue weighted by molar-refractivity contribution is 5.82. The van der Waals surface area contributed by atoms with Crippen molar-refractivity contribution in [3.63, 3.8) is 0 Å². The fourth-order valence-corrected chi connectivity index (χ4v) is 1.45. The lowest BCUT2D eigenvalue weighted by atomic mass is 9.95. The van der Waals surface area contributed by atoms with Gasteiger partial charge in [0.25, 0.3) is 0 Å². The van der Waals surface area contributed by atoms with Crippen LogP contribution in [0.15, 0.2) is 0 Å². The molecule has 1 aliphatic heterocycles. The molecule has 6 heteroatoms. The quantitative estimate of drug-likeness (QED) is 0.334. The van der Waals surface area contributed by atoms with Crippen LogP contribution in [0.2, 0.25) is 0 Å². The van der Waals surface area contributed by atoms with Crippen LogP contribution in [-0.2, 0) is 4.79 Å². The fourth-order valence-electron chi connectivity index (χ4n) is 1.45. The van der Waals surface area contributed by atoms with E-state index in [0.717, 1.165) is 0 Å². The van der Waals surface area contributed by atoms with Crippen LogP contribution < -0.4 is 10.6 Å². The maximum absolute atomic E-state index is 11.3. The van der Waals surface area contributed by atoms with E-state index in [4.69, 9.17) is 0 Å². The van der Waals surface area contributed by atoms with E-state index in [1.54, 1.807) is 6.92 Å². The summed E-state index contributed by atoms with van der Waals surface area (Å²) < 4.78 is 0. The second-order valence-electron chi connectivity index (χ2n) is 3.33. The first-order valence-electron chi connectivity index (χ1n) is 4.63. The van der Waals surface area contributed by atoms with Gasteiger partial charge in [-0.05, 0) is 6.92 Å². The Morgan fingerprint density at radius 1 is 1.43 bits per heavy atom. The van der Waals surface area contributed by atoms with Gasteiger partial charge in [-0.25, -0.2) is 0 Å². The van der Waals surface area contributed by atoms with Gasteiger partial charge in [0, 0.05) is 13.1 Å². The van der Waals surface area contributed by atoms with Crippen molar-refractivity contribution >= 4 is 5.91 Å². The van der Waals surface area contributed by atoms with Crippen molar-refractivity contribution in [1.82, 2.24) is 10.6 Å². The third-order valence-electron chi connectivity index (χ3n) is 2.27. The lowest BCUT2D eigenvalue weighted by molar-refractivity contribution is -0.137. The number of rotatable bonds is 2. The molecule has 1 fully saturated rings. The minimum absolute atomic E-state index is 0.0972. The number of hydrogen-bond acceptors (Lipinski definition) is 5. The molecule has 0 unspecified atom stereocenters. The Morgan fingerprint density at radius 3 is 2.64 bits per heavy atom. The van der Waals surface area contributed by atoms with E-state index in [1.807, 2.05) is 0 Å². The second kappa shape index (κ2) is 4.70. The molecule has 5 N–H and O–H groups in total. The molecule has 1 aliphatic rings. The van der Waals surface area contributed by atoms with Crippen molar-refractivity contribution in [1.29, 1.82) is 0 Å². The molecule has 6 nitrogen and oxygen atoms in total. The van der Waals surface area contributed by atoms with E-state index in [1.165, 1.54) is 0 Å². The highest BCUT2D eigenvalue weighted by Gasteiger charge is 2.39. The summed E-state index contributed by atoms with van der Waals surface area (Å²) in [4.78, 5) is 11.3. The predicted octanol–water partition coefficient (Wildman–Crippen LogP) is -2.82. The zero-order chi connectivity index (χ0) is 10.7. The Bertz CT molecular complexity index is 212. The molecule has 0 saturated carbocycles. The Morgan fingerprint density at radius 2 is 2.07 bits per heavy atom. The van der Waals surface area contributed by atoms with E-state index in [-0.39, 0.29) is 12.5 Å². The molecule has 0 bridgehead atoms. The van der Waals surface area contributed by atoms with Crippen molar-refractivity contribution in [2.75, 3.05) is 13.1 Å². The van der Waals surface area contributed by atoms with Crippen LogP contribution in [0.3, 0.4) is 0 Å². The van der Waals surface area contributed by atoms with Crippen LogP contribution >= 0.6 is 0 Å². The predicted molar refractivity (Wildman–Crippen MR) is 48.5 cm³/mol. The summed E-state index contributed by atoms with van der Waals surface area (Å²) in [6, 6.07) is -0.853. The van der Waals surface area contributed by atoms with E-state index in [2.05, 4.69) is 10.6 Å². The smallest absolute Gasteiger partial charge is 0.239 e. The van der Waals surface area contributed by atoms with Crippen LogP contribution in [-0.4, -0.2) is 58.7 Å². The second-order valence-corrected chi connectivity index (χ2v) is 3.33. The highest BCUT2D eigenvalue weighted by Crippen LogP contribution is 2.10. The lowest BCUT2D eigenvalue weighted by Crippen LogP contribution is -2.64. The first-order chi connectivity index (χ1) is 6.57. The largest absolute Gasteiger partial charge is 0.389 e. The van der Waals surface area contributed by atoms with Crippen LogP contribution in [0, 0.1) is 0 Å². The number of carbonyl (C=O) groups is 1. The van der Waals surface area contributed by atoms with Crippen LogP contribution in [0.1, 0.15) is 6.92 Å². The van der Waals surface area contributed by atoms with Crippen molar-refractivity contribution in [2.24, 2.45) is 0 Å². The zero-order valence-corrected chi connectivity index (χ0v) is 7.97. The normalized spacial score (nSPS) is 38.0. The summed E-state index contributed by atoms with van der Waals surface area (Å²) >= 11 is 0. The molecule has 0 aromatic heterocycles. The number of aliphatic hydroxyl groups is 3. The molecule has 14 heavy (non-hydrogen) atoms. The van der Waals surface area contributed by atoms with Crippen LogP contribution in [0.4, 0.5) is 0 Å². The molecule has 0 radical (unpaired) electrons. The van der Waals surface area contributed by atoms with Gasteiger partial charge in [-0.3, -0.25) is 4.79 Å². The molecule has 1 heterocycles. The third-order valence-corrected chi connectivity index (χ3v) is 2.27. The molecule has 4 atom stereocenters. The van der Waals surface area contributed by atoms with Crippen molar-refractivity contribution in [2.45, 2.75) is 31.3 Å². The Balaban J connectivity index is 2.58. The number of piperidine rings is 1. The number of aliphatic hydroxyl groups excluding tert-OH is 3. The van der Waals surface area contributed by atoms with Crippen molar-refractivity contribution in [3.05, 3.63) is 0 Å². The minimum atomic E-state index is -1.27. The van der Waals surface area contributed by atoms with Gasteiger partial charge in [-0.15, -0.1) is 0 Å². The van der Waals surface area contributed by atoms with E-state index >= 15 is 0 Å². The molecular weight excluding hydrogens is 188 g/mol. The third kappa shape index (κ3) is 2.21. The Kier molecular flexibility index (Phi) is 3.82. The molecule has 1 saturated heterocycles. The van der Waals surface area contributed by atoms with Gasteiger partial charge in [0.1, 0.15) is 18.2 Å². The molecular formula is C8H16N2O4. The molecule has 1 amide bonds. The number of likely N-dealkylation sites (N-methyl/N-ethyl adjacent to an activating group) is 1. The van der Waals surface area contributed by atoms with Gasteiger partial charge >= 0.3 is 0 Å². The van der Waals surface area contributed by atoms with Gasteiger partial charge in [0.05, 0.1) is 6.10 Å². The first kappa shape index (κ1) is 11.4. The molecule has 0 aromatic rings. The molecule has 82 valence electrons. The Hall–Kier alpha value is -0.690. The summed E-state index contributed by atoms with van der Waals surface area (Å²) in [5.41, 5.74) is 0. The van der Waals surface area contributed by atoms with Crippen LogP contribution in [0.5, 0.6) is 0 Å². The van der Waals surface area contributed by atoms with Crippen molar-refractivity contribution < 1.29 is 20.1 Å². The molecule has 0 aromatic carbocycles. The van der Waals surface area contributed by atoms with Gasteiger partial charge in [-0.1, -0.05) is 0 Å². The van der Waals surface area contributed by atoms with Gasteiger partial charge in [0.2, 0.25) is 5.91 Å². The Labute approximate surface area is 81.9 Å². The number of carbonyl (C=O) groups excluding carboxylic acids is 1. The zero-order valence-electron chi connectivity index (χ0n) is 7.97. The molecule has 1 rings (SSSR count). The minimum Gasteiger partial charge on any atom is -0.389 e. The van der Waals surface area contributed by atoms with Crippen molar-refractivity contribution in [3.8, 4) is 0 Å². The van der Waals surface area contributed by atoms with Gasteiger partial charge in [-0.2, -0.15) is 0 Å². The molecule has 0 aliphatic carbocycles. The standard InChI is InChI=1S/C8H16N2O4/c1-2-9-8(14)5-7(13)6(12)4(11)3-10-5/h4-7,10-13H,2-3H2,1H3,(H,9,14)/t4-,5+,6+,7-/m1/s1. The number of hydrogen-bond donors (Lipinski definition) is 5. The summed E-state index contributed by atoms with van der Waals surface area (Å²) in [6.07, 6.45) is -3.58. The average Bonchev–Trinajstić information content (AvgIpc) is 2.15. The number of nitrogens with one attached hydrogen (secondary N) is 2. The summed E-state index contributed by atoms with van der Waals surface area (Å²) in [5.74, 6) is -0.369. The first-order valence-corrected chi connectivity index (χ1v) is 4.63. The SMILES string of the molecule is CCNC(=O)[C@H]1NC[C@@H](O)[C@H](O)[C@@H]1O.